The standard InChI is InChI=1S/C14H22N2O2S2/c1-12(15-2)13-5-3-6-14(11-13)20(17,18)16-7-4-9-19-10-8-16/h3,5-6,11-12,15H,4,7-10H2,1-2H3. The molecule has 20 heavy (non-hydrogen) atoms. The Hall–Kier alpha value is -0.560. The average Bonchev–Trinajstić information content (AvgIpc) is 2.76. The van der Waals surface area contributed by atoms with Gasteiger partial charge in [-0.1, -0.05) is 12.1 Å². The van der Waals surface area contributed by atoms with Crippen LogP contribution in [0.5, 0.6) is 0 Å². The van der Waals surface area contributed by atoms with Gasteiger partial charge in [0.15, 0.2) is 0 Å². The minimum Gasteiger partial charge on any atom is -0.313 e. The molecule has 0 aromatic heterocycles. The van der Waals surface area contributed by atoms with E-state index in [2.05, 4.69) is 5.32 Å². The number of sulfonamides is 1. The van der Waals surface area contributed by atoms with Gasteiger partial charge in [0.25, 0.3) is 0 Å². The molecular formula is C14H22N2O2S2. The van der Waals surface area contributed by atoms with Crippen LogP contribution < -0.4 is 5.32 Å². The quantitative estimate of drug-likeness (QED) is 0.924. The zero-order valence-electron chi connectivity index (χ0n) is 12.0. The van der Waals surface area contributed by atoms with Crippen LogP contribution in [0, 0.1) is 0 Å². The first-order valence-corrected chi connectivity index (χ1v) is 9.50. The summed E-state index contributed by atoms with van der Waals surface area (Å²) in [5, 5.41) is 3.14. The van der Waals surface area contributed by atoms with Gasteiger partial charge in [-0.3, -0.25) is 0 Å². The lowest BCUT2D eigenvalue weighted by Crippen LogP contribution is -2.33. The maximum atomic E-state index is 12.7. The number of rotatable bonds is 4. The number of nitrogens with zero attached hydrogens (tertiary/aromatic N) is 1. The van der Waals surface area contributed by atoms with Crippen LogP contribution in [0.25, 0.3) is 0 Å². The van der Waals surface area contributed by atoms with Gasteiger partial charge in [0.2, 0.25) is 10.0 Å². The van der Waals surface area contributed by atoms with Crippen LogP contribution in [0.4, 0.5) is 0 Å². The molecule has 1 aliphatic rings. The Bertz CT molecular complexity index is 538. The molecule has 4 nitrogen and oxygen atoms in total. The van der Waals surface area contributed by atoms with E-state index in [1.165, 1.54) is 0 Å². The lowest BCUT2D eigenvalue weighted by molar-refractivity contribution is 0.435. The molecular weight excluding hydrogens is 292 g/mol. The molecule has 1 atom stereocenters. The first-order valence-electron chi connectivity index (χ1n) is 6.91. The van der Waals surface area contributed by atoms with Crippen LogP contribution >= 0.6 is 11.8 Å². The third-order valence-corrected chi connectivity index (χ3v) is 6.55. The zero-order chi connectivity index (χ0) is 14.6. The molecule has 0 aliphatic carbocycles. The molecule has 1 unspecified atom stereocenters. The minimum absolute atomic E-state index is 0.143. The van der Waals surface area contributed by atoms with Gasteiger partial charge in [0.05, 0.1) is 4.90 Å². The smallest absolute Gasteiger partial charge is 0.243 e. The first kappa shape index (κ1) is 15.8. The van der Waals surface area contributed by atoms with Crippen LogP contribution in [-0.2, 0) is 10.0 Å². The predicted octanol–water partition coefficient (Wildman–Crippen LogP) is 2.09. The highest BCUT2D eigenvalue weighted by atomic mass is 32.2. The number of hydrogen-bond acceptors (Lipinski definition) is 4. The number of hydrogen-bond donors (Lipinski definition) is 1. The topological polar surface area (TPSA) is 49.4 Å². The maximum Gasteiger partial charge on any atom is 0.243 e. The van der Waals surface area contributed by atoms with Gasteiger partial charge in [-0.15, -0.1) is 0 Å². The summed E-state index contributed by atoms with van der Waals surface area (Å²) < 4.78 is 27.0. The highest BCUT2D eigenvalue weighted by molar-refractivity contribution is 7.99. The Kier molecular flexibility index (Phi) is 5.49. The number of benzene rings is 1. The fraction of sp³-hybridized carbons (Fsp3) is 0.571. The summed E-state index contributed by atoms with van der Waals surface area (Å²) in [5.74, 6) is 1.93. The van der Waals surface area contributed by atoms with Crippen molar-refractivity contribution in [2.75, 3.05) is 31.6 Å². The van der Waals surface area contributed by atoms with Gasteiger partial charge in [0, 0.05) is 24.9 Å². The van der Waals surface area contributed by atoms with Gasteiger partial charge >= 0.3 is 0 Å². The molecule has 6 heteroatoms. The van der Waals surface area contributed by atoms with E-state index in [-0.39, 0.29) is 6.04 Å². The van der Waals surface area contributed by atoms with Gasteiger partial charge < -0.3 is 5.32 Å². The number of thioether (sulfide) groups is 1. The Morgan fingerprint density at radius 2 is 2.10 bits per heavy atom. The Morgan fingerprint density at radius 1 is 1.30 bits per heavy atom. The van der Waals surface area contributed by atoms with Crippen molar-refractivity contribution in [1.29, 1.82) is 0 Å². The van der Waals surface area contributed by atoms with Crippen molar-refractivity contribution in [3.8, 4) is 0 Å². The van der Waals surface area contributed by atoms with E-state index in [0.29, 0.717) is 18.0 Å². The normalized spacial score (nSPS) is 19.5. The molecule has 0 radical (unpaired) electrons. The van der Waals surface area contributed by atoms with Crippen LogP contribution in [-0.4, -0.2) is 44.4 Å². The fourth-order valence-electron chi connectivity index (χ4n) is 2.22. The van der Waals surface area contributed by atoms with Crippen molar-refractivity contribution in [1.82, 2.24) is 9.62 Å². The molecule has 0 saturated carbocycles. The van der Waals surface area contributed by atoms with Crippen LogP contribution in [0.3, 0.4) is 0 Å². The minimum atomic E-state index is -3.36. The van der Waals surface area contributed by atoms with Crippen molar-refractivity contribution in [2.45, 2.75) is 24.3 Å². The van der Waals surface area contributed by atoms with Gasteiger partial charge in [-0.2, -0.15) is 16.1 Å². The van der Waals surface area contributed by atoms with E-state index in [4.69, 9.17) is 0 Å². The van der Waals surface area contributed by atoms with Crippen LogP contribution in [0.2, 0.25) is 0 Å². The van der Waals surface area contributed by atoms with Crippen LogP contribution in [0.15, 0.2) is 29.2 Å². The molecule has 1 aliphatic heterocycles. The Labute approximate surface area is 126 Å². The SMILES string of the molecule is CNC(C)c1cccc(S(=O)(=O)N2CCCSCC2)c1. The summed E-state index contributed by atoms with van der Waals surface area (Å²) in [7, 11) is -1.48. The third-order valence-electron chi connectivity index (χ3n) is 3.61. The second kappa shape index (κ2) is 6.93. The average molecular weight is 314 g/mol. The third kappa shape index (κ3) is 3.55. The van der Waals surface area contributed by atoms with E-state index in [9.17, 15) is 8.42 Å². The number of nitrogens with one attached hydrogen (secondary N) is 1. The summed E-state index contributed by atoms with van der Waals surface area (Å²) in [4.78, 5) is 0.406. The second-order valence-corrected chi connectivity index (χ2v) is 8.12. The van der Waals surface area contributed by atoms with Gasteiger partial charge in [-0.05, 0) is 43.8 Å². The molecule has 1 saturated heterocycles. The molecule has 0 amide bonds. The maximum absolute atomic E-state index is 12.7. The summed E-state index contributed by atoms with van der Waals surface area (Å²) in [6, 6.07) is 7.40. The van der Waals surface area contributed by atoms with E-state index >= 15 is 0 Å². The Morgan fingerprint density at radius 3 is 2.85 bits per heavy atom. The summed E-state index contributed by atoms with van der Waals surface area (Å²) in [6.45, 7) is 3.26. The molecule has 1 heterocycles. The van der Waals surface area contributed by atoms with E-state index in [0.717, 1.165) is 23.5 Å². The molecule has 0 bridgehead atoms. The van der Waals surface area contributed by atoms with E-state index in [1.807, 2.05) is 37.9 Å². The highest BCUT2D eigenvalue weighted by Gasteiger charge is 2.25. The molecule has 1 fully saturated rings. The molecule has 2 rings (SSSR count). The van der Waals surface area contributed by atoms with Gasteiger partial charge in [-0.25, -0.2) is 8.42 Å². The fourth-order valence-corrected chi connectivity index (χ4v) is 4.76. The predicted molar refractivity (Wildman–Crippen MR) is 84.6 cm³/mol. The largest absolute Gasteiger partial charge is 0.313 e. The van der Waals surface area contributed by atoms with Crippen molar-refractivity contribution < 1.29 is 8.42 Å². The lowest BCUT2D eigenvalue weighted by Gasteiger charge is -2.20. The van der Waals surface area contributed by atoms with Crippen molar-refractivity contribution >= 4 is 21.8 Å². The summed E-state index contributed by atoms with van der Waals surface area (Å²) >= 11 is 1.83. The first-order chi connectivity index (χ1) is 9.55. The van der Waals surface area contributed by atoms with Crippen molar-refractivity contribution in [3.63, 3.8) is 0 Å². The van der Waals surface area contributed by atoms with Gasteiger partial charge in [0.1, 0.15) is 0 Å². The molecule has 1 aromatic rings. The zero-order valence-corrected chi connectivity index (χ0v) is 13.6. The van der Waals surface area contributed by atoms with E-state index < -0.39 is 10.0 Å². The van der Waals surface area contributed by atoms with Crippen LogP contribution in [0.1, 0.15) is 24.9 Å². The molecule has 1 aromatic carbocycles. The second-order valence-electron chi connectivity index (χ2n) is 4.95. The molecule has 112 valence electrons. The monoisotopic (exact) mass is 314 g/mol. The highest BCUT2D eigenvalue weighted by Crippen LogP contribution is 2.22. The molecule has 1 N–H and O–H groups in total. The Balaban J connectivity index is 2.28. The van der Waals surface area contributed by atoms with Crippen molar-refractivity contribution in [2.24, 2.45) is 0 Å². The summed E-state index contributed by atoms with van der Waals surface area (Å²) in [5.41, 5.74) is 0.998. The van der Waals surface area contributed by atoms with Crippen molar-refractivity contribution in [3.05, 3.63) is 29.8 Å². The molecule has 0 spiro atoms. The summed E-state index contributed by atoms with van der Waals surface area (Å²) in [6.07, 6.45) is 0.927. The van der Waals surface area contributed by atoms with E-state index in [1.54, 1.807) is 16.4 Å². The lowest BCUT2D eigenvalue weighted by atomic mass is 10.1.